The van der Waals surface area contributed by atoms with Gasteiger partial charge in [0.05, 0.1) is 31.7 Å². The van der Waals surface area contributed by atoms with E-state index < -0.39 is 77.7 Å². The molecule has 0 saturated carbocycles. The number of nitrogens with zero attached hydrogens (tertiary/aromatic N) is 5. The van der Waals surface area contributed by atoms with Crippen molar-refractivity contribution in [2.75, 3.05) is 18.9 Å². The number of nitrogen functional groups attached to an aromatic ring is 1. The smallest absolute Gasteiger partial charge is 0.481 e. The number of fused-ring (bicyclic) bond motifs is 1. The maximum Gasteiger partial charge on any atom is 0.481 e. The number of hydrogen-bond donors (Lipinski definition) is 6. The number of hydrogen-bond acceptors (Lipinski definition) is 15. The Kier molecular flexibility index (Phi) is 8.92. The van der Waals surface area contributed by atoms with Crippen LogP contribution in [-0.2, 0) is 32.0 Å². The quantitative estimate of drug-likeness (QED) is 0.0916. The summed E-state index contributed by atoms with van der Waals surface area (Å²) < 4.78 is 52.3. The first-order chi connectivity index (χ1) is 20.2. The van der Waals surface area contributed by atoms with Gasteiger partial charge in [0, 0.05) is 12.5 Å². The highest BCUT2D eigenvalue weighted by Crippen LogP contribution is 2.60. The van der Waals surface area contributed by atoms with Crippen LogP contribution in [0.1, 0.15) is 29.2 Å². The summed E-state index contributed by atoms with van der Waals surface area (Å²) in [6.45, 7) is -1.64. The molecule has 2 unspecified atom stereocenters. The van der Waals surface area contributed by atoms with E-state index >= 15 is 0 Å². The number of anilines is 1. The Morgan fingerprint density at radius 3 is 2.53 bits per heavy atom. The van der Waals surface area contributed by atoms with Gasteiger partial charge in [0.15, 0.2) is 23.9 Å². The molecular weight excluding hydrogens is 620 g/mol. The van der Waals surface area contributed by atoms with Gasteiger partial charge in [-0.2, -0.15) is 8.88 Å². The molecule has 9 atom stereocenters. The maximum absolute atomic E-state index is 12.6. The molecule has 5 rings (SSSR count). The van der Waals surface area contributed by atoms with Crippen LogP contribution in [0.4, 0.5) is 5.82 Å². The normalized spacial score (nSPS) is 30.3. The molecule has 2 fully saturated rings. The van der Waals surface area contributed by atoms with Crippen LogP contribution in [0.5, 0.6) is 0 Å². The number of aliphatic hydroxyl groups excluding tert-OH is 2. The van der Waals surface area contributed by atoms with Crippen LogP contribution in [0.25, 0.3) is 11.2 Å². The zero-order valence-corrected chi connectivity index (χ0v) is 23.7. The van der Waals surface area contributed by atoms with E-state index in [1.54, 1.807) is 0 Å². The molecule has 234 valence electrons. The summed E-state index contributed by atoms with van der Waals surface area (Å²) in [6.07, 6.45) is -4.30. The summed E-state index contributed by atoms with van der Waals surface area (Å²) in [5.74, 6) is -0.641. The molecule has 3 aromatic heterocycles. The summed E-state index contributed by atoms with van der Waals surface area (Å²) in [5, 5.41) is 33.2. The highest BCUT2D eigenvalue weighted by atomic mass is 31.3. The third-order valence-corrected chi connectivity index (χ3v) is 9.23. The van der Waals surface area contributed by atoms with E-state index in [2.05, 4.69) is 23.8 Å². The molecule has 0 bridgehead atoms. The summed E-state index contributed by atoms with van der Waals surface area (Å²) in [4.78, 5) is 43.4. The van der Waals surface area contributed by atoms with Crippen molar-refractivity contribution >= 4 is 38.5 Å². The average Bonchev–Trinajstić information content (AvgIpc) is 3.62. The number of pyridine rings is 1. The minimum Gasteiger partial charge on any atom is -0.843 e. The van der Waals surface area contributed by atoms with E-state index in [1.807, 2.05) is 0 Å². The van der Waals surface area contributed by atoms with Crippen LogP contribution in [-0.4, -0.2) is 89.2 Å². The number of imidazole rings is 1. The minimum atomic E-state index is -5.33. The van der Waals surface area contributed by atoms with Crippen LogP contribution >= 0.6 is 15.6 Å². The Morgan fingerprint density at radius 2 is 1.84 bits per heavy atom. The minimum absolute atomic E-state index is 0.0120. The number of phosphoric acid groups is 2. The van der Waals surface area contributed by atoms with E-state index in [-0.39, 0.29) is 17.8 Å². The number of primary amides is 1. The fraction of sp³-hybridized carbons (Fsp3) is 0.476. The predicted octanol–water partition coefficient (Wildman–Crippen LogP) is -2.62. The van der Waals surface area contributed by atoms with Gasteiger partial charge >= 0.3 is 15.6 Å². The molecule has 1 amide bonds. The number of phosphoric ester groups is 2. The molecule has 43 heavy (non-hydrogen) atoms. The largest absolute Gasteiger partial charge is 0.843 e. The fourth-order valence-corrected chi connectivity index (χ4v) is 6.61. The molecule has 0 spiro atoms. The Balaban J connectivity index is 1.14. The van der Waals surface area contributed by atoms with Gasteiger partial charge in [-0.25, -0.2) is 24.1 Å². The standard InChI is InChI=1S/C21H27N7O13P2/c22-18-15-20(25-8-24-18)28(9-26-15)14-4-11(29)12(39-14)6-37-42(33,34)41-43(35,36)38-7-13-16(30)17(31)21(40-13)27-3-1-2-10(5-27)19(23)32/h1-3,5,8-9,11-14,16-17,21,29-30H,4,6-7H2,(H2,23,32)(H,33,34)(H,35,36)(H2,22,24,25)/t11-,12+,13+,14+,16+,17+,21+/m0/s1. The van der Waals surface area contributed by atoms with Gasteiger partial charge in [0.1, 0.15) is 35.8 Å². The van der Waals surface area contributed by atoms with E-state index in [9.17, 15) is 39.0 Å². The number of aliphatic hydroxyl groups is 2. The topological polar surface area (TPSA) is 301 Å². The van der Waals surface area contributed by atoms with Gasteiger partial charge in [0.2, 0.25) is 0 Å². The van der Waals surface area contributed by atoms with Crippen molar-refractivity contribution in [2.45, 2.75) is 49.4 Å². The van der Waals surface area contributed by atoms with Crippen molar-refractivity contribution < 1.29 is 66.4 Å². The van der Waals surface area contributed by atoms with Crippen LogP contribution in [0.2, 0.25) is 0 Å². The zero-order valence-electron chi connectivity index (χ0n) is 21.9. The van der Waals surface area contributed by atoms with Crippen LogP contribution in [0.3, 0.4) is 0 Å². The van der Waals surface area contributed by atoms with E-state index in [0.29, 0.717) is 11.2 Å². The summed E-state index contributed by atoms with van der Waals surface area (Å²) >= 11 is 0. The molecular formula is C21H27N7O13P2. The highest BCUT2D eigenvalue weighted by Gasteiger charge is 2.45. The summed E-state index contributed by atoms with van der Waals surface area (Å²) in [6, 6.07) is 2.81. The lowest BCUT2D eigenvalue weighted by Gasteiger charge is -2.22. The first kappa shape index (κ1) is 31.5. The molecule has 0 aromatic carbocycles. The molecule has 3 aromatic rings. The lowest BCUT2D eigenvalue weighted by Crippen LogP contribution is -2.52. The molecule has 20 nitrogen and oxygen atoms in total. The molecule has 8 N–H and O–H groups in total. The lowest BCUT2D eigenvalue weighted by molar-refractivity contribution is -0.782. The van der Waals surface area contributed by atoms with Gasteiger partial charge in [-0.15, -0.1) is 0 Å². The SMILES string of the molecule is NC(=O)c1ccc[n+]([C@@H]2O[C@H](COP(=O)(O)OP(=O)(O)OC[C@H]3O[C@@H](n4cnc5c(N)ncnc54)C[C@@H]3O)[C@@H](O)[C@H]2[O-])c1. The molecule has 5 heterocycles. The van der Waals surface area contributed by atoms with Crippen molar-refractivity contribution in [3.05, 3.63) is 42.7 Å². The number of rotatable bonds is 11. The van der Waals surface area contributed by atoms with Gasteiger partial charge in [-0.1, -0.05) is 0 Å². The van der Waals surface area contributed by atoms with Crippen molar-refractivity contribution in [3.8, 4) is 0 Å². The van der Waals surface area contributed by atoms with Gasteiger partial charge in [-0.05, 0) is 12.2 Å². The molecule has 0 aliphatic carbocycles. The Labute approximate surface area is 241 Å². The monoisotopic (exact) mass is 647 g/mol. The van der Waals surface area contributed by atoms with Gasteiger partial charge < -0.3 is 46.0 Å². The zero-order chi connectivity index (χ0) is 31.1. The number of carbonyl (C=O) groups excluding carboxylic acids is 1. The second-order valence-electron chi connectivity index (χ2n) is 9.55. The van der Waals surface area contributed by atoms with Crippen LogP contribution < -0.4 is 21.1 Å². The first-order valence-corrected chi connectivity index (χ1v) is 15.5. The van der Waals surface area contributed by atoms with Gasteiger partial charge in [-0.3, -0.25) is 18.4 Å². The highest BCUT2D eigenvalue weighted by molar-refractivity contribution is 7.61. The summed E-state index contributed by atoms with van der Waals surface area (Å²) in [7, 11) is -10.6. The van der Waals surface area contributed by atoms with Crippen LogP contribution in [0, 0.1) is 0 Å². The third-order valence-electron chi connectivity index (χ3n) is 6.63. The number of nitrogens with two attached hydrogens (primary N) is 2. The number of amides is 1. The molecule has 2 aliphatic heterocycles. The molecule has 2 saturated heterocycles. The molecule has 2 aliphatic rings. The van der Waals surface area contributed by atoms with Crippen molar-refractivity contribution in [2.24, 2.45) is 5.73 Å². The van der Waals surface area contributed by atoms with E-state index in [0.717, 1.165) is 0 Å². The number of carbonyl (C=O) groups is 1. The average molecular weight is 647 g/mol. The molecule has 0 radical (unpaired) electrons. The van der Waals surface area contributed by atoms with E-state index in [4.69, 9.17) is 25.5 Å². The van der Waals surface area contributed by atoms with Crippen LogP contribution in [0.15, 0.2) is 37.2 Å². The molecule has 22 heteroatoms. The van der Waals surface area contributed by atoms with Gasteiger partial charge in [0.25, 0.3) is 12.1 Å². The number of aromatic nitrogens is 5. The Bertz CT molecular complexity index is 1590. The predicted molar refractivity (Wildman–Crippen MR) is 136 cm³/mol. The Morgan fingerprint density at radius 1 is 1.14 bits per heavy atom. The second kappa shape index (κ2) is 12.2. The maximum atomic E-state index is 12.6. The van der Waals surface area contributed by atoms with E-state index in [1.165, 1.54) is 46.3 Å². The van der Waals surface area contributed by atoms with Crippen molar-refractivity contribution in [1.29, 1.82) is 0 Å². The van der Waals surface area contributed by atoms with Crippen molar-refractivity contribution in [3.63, 3.8) is 0 Å². The fourth-order valence-electron chi connectivity index (χ4n) is 4.52. The third kappa shape index (κ3) is 6.91. The summed E-state index contributed by atoms with van der Waals surface area (Å²) in [5.41, 5.74) is 11.7. The lowest BCUT2D eigenvalue weighted by atomic mass is 10.1. The Hall–Kier alpha value is -2.97. The second-order valence-corrected chi connectivity index (χ2v) is 12.6. The number of ether oxygens (including phenoxy) is 2. The van der Waals surface area contributed by atoms with Crippen molar-refractivity contribution in [1.82, 2.24) is 19.5 Å². The first-order valence-electron chi connectivity index (χ1n) is 12.5.